The highest BCUT2D eigenvalue weighted by Crippen LogP contribution is 2.17. The minimum absolute atomic E-state index is 0.0688. The second-order valence-corrected chi connectivity index (χ2v) is 5.90. The van der Waals surface area contributed by atoms with Crippen LogP contribution in [0.3, 0.4) is 0 Å². The van der Waals surface area contributed by atoms with E-state index in [1.165, 1.54) is 17.0 Å². The first kappa shape index (κ1) is 18.6. The van der Waals surface area contributed by atoms with Gasteiger partial charge in [-0.05, 0) is 38.5 Å². The maximum absolute atomic E-state index is 12.6. The molecule has 6 heteroatoms. The molecule has 0 fully saturated rings. The molecule has 25 heavy (non-hydrogen) atoms. The Labute approximate surface area is 146 Å². The van der Waals surface area contributed by atoms with Crippen LogP contribution < -0.4 is 0 Å². The van der Waals surface area contributed by atoms with Crippen molar-refractivity contribution in [2.24, 2.45) is 0 Å². The zero-order chi connectivity index (χ0) is 18.6. The van der Waals surface area contributed by atoms with Crippen LogP contribution in [-0.2, 0) is 0 Å². The maximum atomic E-state index is 12.6. The Morgan fingerprint density at radius 2 is 1.76 bits per heavy atom. The molecule has 1 atom stereocenters. The van der Waals surface area contributed by atoms with E-state index < -0.39 is 12.1 Å². The van der Waals surface area contributed by atoms with Gasteiger partial charge in [-0.25, -0.2) is 9.78 Å². The molecule has 1 unspecified atom stereocenters. The van der Waals surface area contributed by atoms with Crippen molar-refractivity contribution in [1.82, 2.24) is 9.88 Å². The number of aliphatic hydroxyl groups excluding tert-OH is 1. The van der Waals surface area contributed by atoms with Gasteiger partial charge in [0.05, 0.1) is 23.9 Å². The molecule has 1 aromatic carbocycles. The van der Waals surface area contributed by atoms with E-state index in [4.69, 9.17) is 5.11 Å². The van der Waals surface area contributed by atoms with E-state index in [0.717, 1.165) is 11.1 Å². The van der Waals surface area contributed by atoms with Gasteiger partial charge in [-0.15, -0.1) is 0 Å². The molecule has 132 valence electrons. The van der Waals surface area contributed by atoms with Crippen molar-refractivity contribution in [2.75, 3.05) is 13.1 Å². The minimum Gasteiger partial charge on any atom is -0.478 e. The van der Waals surface area contributed by atoms with E-state index in [2.05, 4.69) is 4.98 Å². The van der Waals surface area contributed by atoms with Crippen molar-refractivity contribution in [3.8, 4) is 0 Å². The lowest BCUT2D eigenvalue weighted by Gasteiger charge is -2.24. The van der Waals surface area contributed by atoms with Crippen molar-refractivity contribution in [3.05, 3.63) is 64.5 Å². The largest absolute Gasteiger partial charge is 0.478 e. The Bertz CT molecular complexity index is 771. The first-order valence-electron chi connectivity index (χ1n) is 8.08. The highest BCUT2D eigenvalue weighted by atomic mass is 16.4. The van der Waals surface area contributed by atoms with E-state index >= 15 is 0 Å². The quantitative estimate of drug-likeness (QED) is 0.842. The van der Waals surface area contributed by atoms with Crippen LogP contribution in [-0.4, -0.2) is 45.1 Å². The smallest absolute Gasteiger partial charge is 0.337 e. The van der Waals surface area contributed by atoms with Crippen molar-refractivity contribution in [1.29, 1.82) is 0 Å². The molecule has 0 aliphatic rings. The summed E-state index contributed by atoms with van der Waals surface area (Å²) in [5.74, 6) is -1.42. The van der Waals surface area contributed by atoms with Gasteiger partial charge < -0.3 is 15.1 Å². The second kappa shape index (κ2) is 7.90. The minimum atomic E-state index is -1.08. The number of amides is 1. The molecular weight excluding hydrogens is 320 g/mol. The number of likely N-dealkylation sites (N-methyl/N-ethyl adjacent to an activating group) is 1. The summed E-state index contributed by atoms with van der Waals surface area (Å²) in [7, 11) is 0. The zero-order valence-electron chi connectivity index (χ0n) is 14.6. The molecule has 1 amide bonds. The number of carbonyl (C=O) groups is 2. The number of hydrogen-bond acceptors (Lipinski definition) is 4. The first-order chi connectivity index (χ1) is 11.8. The standard InChI is InChI=1S/C19H22N2O4/c1-4-21(11-17(22)14-7-5-12(2)6-8-14)18(23)16-10-9-15(19(24)25)13(3)20-16/h5-10,17,22H,4,11H2,1-3H3,(H,24,25). The molecule has 1 heterocycles. The molecule has 0 radical (unpaired) electrons. The fraction of sp³-hybridized carbons (Fsp3) is 0.316. The predicted octanol–water partition coefficient (Wildman–Crippen LogP) is 2.59. The molecule has 0 aliphatic heterocycles. The summed E-state index contributed by atoms with van der Waals surface area (Å²) in [5, 5.41) is 19.4. The van der Waals surface area contributed by atoms with Gasteiger partial charge in [0, 0.05) is 6.54 Å². The van der Waals surface area contributed by atoms with Gasteiger partial charge in [-0.3, -0.25) is 4.79 Å². The normalized spacial score (nSPS) is 11.8. The van der Waals surface area contributed by atoms with Crippen LogP contribution in [0.5, 0.6) is 0 Å². The maximum Gasteiger partial charge on any atom is 0.337 e. The summed E-state index contributed by atoms with van der Waals surface area (Å²) in [6.07, 6.45) is -0.802. The number of pyridine rings is 1. The lowest BCUT2D eigenvalue weighted by atomic mass is 10.1. The third-order valence-corrected chi connectivity index (χ3v) is 4.06. The van der Waals surface area contributed by atoms with Crippen LogP contribution in [0.2, 0.25) is 0 Å². The molecule has 0 bridgehead atoms. The summed E-state index contributed by atoms with van der Waals surface area (Å²) >= 11 is 0. The van der Waals surface area contributed by atoms with E-state index in [1.54, 1.807) is 6.92 Å². The molecule has 2 rings (SSSR count). The Morgan fingerprint density at radius 1 is 1.12 bits per heavy atom. The molecule has 1 aromatic heterocycles. The highest BCUT2D eigenvalue weighted by molar-refractivity contribution is 5.94. The molecule has 0 saturated carbocycles. The van der Waals surface area contributed by atoms with Gasteiger partial charge in [0.2, 0.25) is 0 Å². The first-order valence-corrected chi connectivity index (χ1v) is 8.08. The third kappa shape index (κ3) is 4.42. The fourth-order valence-corrected chi connectivity index (χ4v) is 2.53. The number of benzene rings is 1. The Kier molecular flexibility index (Phi) is 5.88. The van der Waals surface area contributed by atoms with Gasteiger partial charge in [-0.1, -0.05) is 29.8 Å². The average molecular weight is 342 g/mol. The van der Waals surface area contributed by atoms with Crippen LogP contribution in [0.1, 0.15) is 50.7 Å². The molecule has 2 aromatic rings. The highest BCUT2D eigenvalue weighted by Gasteiger charge is 2.21. The molecule has 2 N–H and O–H groups in total. The van der Waals surface area contributed by atoms with Crippen molar-refractivity contribution < 1.29 is 19.8 Å². The number of aryl methyl sites for hydroxylation is 2. The van der Waals surface area contributed by atoms with Gasteiger partial charge >= 0.3 is 5.97 Å². The van der Waals surface area contributed by atoms with Crippen molar-refractivity contribution in [2.45, 2.75) is 26.9 Å². The Hall–Kier alpha value is -2.73. The van der Waals surface area contributed by atoms with Gasteiger partial charge in [-0.2, -0.15) is 0 Å². The van der Waals surface area contributed by atoms with Crippen LogP contribution >= 0.6 is 0 Å². The summed E-state index contributed by atoms with van der Waals surface area (Å²) < 4.78 is 0. The summed E-state index contributed by atoms with van der Waals surface area (Å²) in [5.41, 5.74) is 2.35. The van der Waals surface area contributed by atoms with Crippen LogP contribution in [0, 0.1) is 13.8 Å². The number of aromatic carboxylic acids is 1. The second-order valence-electron chi connectivity index (χ2n) is 5.90. The Morgan fingerprint density at radius 3 is 2.28 bits per heavy atom. The number of rotatable bonds is 6. The van der Waals surface area contributed by atoms with Crippen LogP contribution in [0.4, 0.5) is 0 Å². The van der Waals surface area contributed by atoms with Gasteiger partial charge in [0.25, 0.3) is 5.91 Å². The van der Waals surface area contributed by atoms with E-state index in [1.807, 2.05) is 38.1 Å². The number of aliphatic hydroxyl groups is 1. The van der Waals surface area contributed by atoms with E-state index in [-0.39, 0.29) is 29.4 Å². The third-order valence-electron chi connectivity index (χ3n) is 4.06. The average Bonchev–Trinajstić information content (AvgIpc) is 2.59. The fourth-order valence-electron chi connectivity index (χ4n) is 2.53. The molecule has 0 saturated heterocycles. The lowest BCUT2D eigenvalue weighted by Crippen LogP contribution is -2.35. The number of carbonyl (C=O) groups excluding carboxylic acids is 1. The molecule has 0 spiro atoms. The topological polar surface area (TPSA) is 90.7 Å². The number of carboxylic acid groups (broad SMARTS) is 1. The Balaban J connectivity index is 2.16. The van der Waals surface area contributed by atoms with Crippen LogP contribution in [0.25, 0.3) is 0 Å². The molecular formula is C19H22N2O4. The van der Waals surface area contributed by atoms with Crippen molar-refractivity contribution in [3.63, 3.8) is 0 Å². The predicted molar refractivity (Wildman–Crippen MR) is 93.6 cm³/mol. The lowest BCUT2D eigenvalue weighted by molar-refractivity contribution is 0.0627. The number of aromatic nitrogens is 1. The SMILES string of the molecule is CCN(CC(O)c1ccc(C)cc1)C(=O)c1ccc(C(=O)O)c(C)n1. The van der Waals surface area contributed by atoms with Crippen LogP contribution in [0.15, 0.2) is 36.4 Å². The summed E-state index contributed by atoms with van der Waals surface area (Å²) in [6.45, 7) is 5.88. The monoisotopic (exact) mass is 342 g/mol. The zero-order valence-corrected chi connectivity index (χ0v) is 14.6. The molecule has 6 nitrogen and oxygen atoms in total. The number of carboxylic acids is 1. The van der Waals surface area contributed by atoms with Gasteiger partial charge in [0.15, 0.2) is 0 Å². The van der Waals surface area contributed by atoms with Crippen molar-refractivity contribution >= 4 is 11.9 Å². The summed E-state index contributed by atoms with van der Waals surface area (Å²) in [6, 6.07) is 10.3. The number of hydrogen-bond donors (Lipinski definition) is 2. The van der Waals surface area contributed by atoms with Gasteiger partial charge in [0.1, 0.15) is 5.69 Å². The summed E-state index contributed by atoms with van der Waals surface area (Å²) in [4.78, 5) is 29.3. The van der Waals surface area contributed by atoms with E-state index in [9.17, 15) is 14.7 Å². The molecule has 0 aliphatic carbocycles. The number of nitrogens with zero attached hydrogens (tertiary/aromatic N) is 2. The van der Waals surface area contributed by atoms with E-state index in [0.29, 0.717) is 6.54 Å².